The highest BCUT2D eigenvalue weighted by Gasteiger charge is 2.29. The fourth-order valence-corrected chi connectivity index (χ4v) is 5.19. The highest BCUT2D eigenvalue weighted by molar-refractivity contribution is 8.07. The second-order valence-electron chi connectivity index (χ2n) is 4.42. The zero-order valence-corrected chi connectivity index (χ0v) is 12.5. The molecule has 1 saturated heterocycles. The van der Waals surface area contributed by atoms with Crippen LogP contribution >= 0.6 is 35.1 Å². The molecular formula is C13H16ClFOS2. The molecule has 0 aromatic heterocycles. The first-order valence-corrected chi connectivity index (χ1v) is 8.40. The summed E-state index contributed by atoms with van der Waals surface area (Å²) in [6, 6.07) is 4.35. The van der Waals surface area contributed by atoms with E-state index < -0.39 is 6.10 Å². The minimum Gasteiger partial charge on any atom is -0.392 e. The van der Waals surface area contributed by atoms with Gasteiger partial charge in [0.2, 0.25) is 0 Å². The van der Waals surface area contributed by atoms with E-state index in [2.05, 4.69) is 6.92 Å². The number of halogens is 2. The van der Waals surface area contributed by atoms with Gasteiger partial charge < -0.3 is 5.11 Å². The fraction of sp³-hybridized carbons (Fsp3) is 0.538. The molecule has 1 N–H and O–H groups in total. The maximum atomic E-state index is 12.9. The summed E-state index contributed by atoms with van der Waals surface area (Å²) in [7, 11) is 0. The molecule has 1 aromatic rings. The molecular weight excluding hydrogens is 291 g/mol. The van der Waals surface area contributed by atoms with Gasteiger partial charge in [0, 0.05) is 33.4 Å². The van der Waals surface area contributed by atoms with E-state index in [9.17, 15) is 9.50 Å². The van der Waals surface area contributed by atoms with E-state index >= 15 is 0 Å². The Hall–Kier alpha value is 0.1000. The molecule has 0 bridgehead atoms. The van der Waals surface area contributed by atoms with E-state index in [4.69, 9.17) is 11.6 Å². The number of aliphatic hydroxyl groups excluding tert-OH is 1. The number of rotatable bonds is 3. The van der Waals surface area contributed by atoms with Crippen LogP contribution in [-0.4, -0.2) is 33.2 Å². The van der Waals surface area contributed by atoms with Crippen LogP contribution < -0.4 is 0 Å². The van der Waals surface area contributed by atoms with E-state index in [0.717, 1.165) is 17.1 Å². The third-order valence-electron chi connectivity index (χ3n) is 3.06. The highest BCUT2D eigenvalue weighted by atomic mass is 35.5. The van der Waals surface area contributed by atoms with Crippen molar-refractivity contribution < 1.29 is 9.50 Å². The molecule has 0 radical (unpaired) electrons. The van der Waals surface area contributed by atoms with Gasteiger partial charge in [0.15, 0.2) is 0 Å². The molecule has 100 valence electrons. The maximum Gasteiger partial charge on any atom is 0.124 e. The van der Waals surface area contributed by atoms with Crippen LogP contribution in [0.15, 0.2) is 18.2 Å². The van der Waals surface area contributed by atoms with Gasteiger partial charge in [-0.2, -0.15) is 23.5 Å². The Morgan fingerprint density at radius 1 is 1.44 bits per heavy atom. The minimum absolute atomic E-state index is 0.227. The summed E-state index contributed by atoms with van der Waals surface area (Å²) in [4.78, 5) is 0. The molecule has 3 atom stereocenters. The van der Waals surface area contributed by atoms with Gasteiger partial charge in [-0.3, -0.25) is 0 Å². The fourth-order valence-electron chi connectivity index (χ4n) is 2.10. The van der Waals surface area contributed by atoms with E-state index in [-0.39, 0.29) is 11.1 Å². The van der Waals surface area contributed by atoms with E-state index in [1.165, 1.54) is 12.1 Å². The molecule has 3 unspecified atom stereocenters. The first-order chi connectivity index (χ1) is 8.58. The average molecular weight is 307 g/mol. The zero-order chi connectivity index (χ0) is 13.1. The monoisotopic (exact) mass is 306 g/mol. The topological polar surface area (TPSA) is 20.2 Å². The standard InChI is InChI=1S/C13H16ClFOS2/c1-8-13(18-5-4-17-8)12(16)6-9-2-3-10(15)7-11(9)14/h2-3,7-8,12-13,16H,4-6H2,1H3. The van der Waals surface area contributed by atoms with Gasteiger partial charge in [-0.25, -0.2) is 4.39 Å². The van der Waals surface area contributed by atoms with Crippen molar-refractivity contribution in [3.8, 4) is 0 Å². The van der Waals surface area contributed by atoms with Gasteiger partial charge in [0.05, 0.1) is 6.10 Å². The van der Waals surface area contributed by atoms with Gasteiger partial charge in [-0.1, -0.05) is 24.6 Å². The zero-order valence-electron chi connectivity index (χ0n) is 10.1. The first-order valence-electron chi connectivity index (χ1n) is 5.93. The predicted octanol–water partition coefficient (Wildman–Crippen LogP) is 3.62. The first kappa shape index (κ1) is 14.5. The van der Waals surface area contributed by atoms with Crippen molar-refractivity contribution in [2.24, 2.45) is 0 Å². The molecule has 2 rings (SSSR count). The lowest BCUT2D eigenvalue weighted by Gasteiger charge is -2.31. The molecule has 0 saturated carbocycles. The smallest absolute Gasteiger partial charge is 0.124 e. The second-order valence-corrected chi connectivity index (χ2v) is 7.60. The summed E-state index contributed by atoms with van der Waals surface area (Å²) in [6.07, 6.45) is 0.0579. The van der Waals surface area contributed by atoms with Crippen LogP contribution in [0.2, 0.25) is 5.02 Å². The van der Waals surface area contributed by atoms with Gasteiger partial charge >= 0.3 is 0 Å². The molecule has 18 heavy (non-hydrogen) atoms. The van der Waals surface area contributed by atoms with Crippen molar-refractivity contribution >= 4 is 35.1 Å². The van der Waals surface area contributed by atoms with Crippen LogP contribution in [0.5, 0.6) is 0 Å². The van der Waals surface area contributed by atoms with Crippen molar-refractivity contribution in [1.29, 1.82) is 0 Å². The number of hydrogen-bond donors (Lipinski definition) is 1. The third-order valence-corrected chi connectivity index (χ3v) is 6.65. The molecule has 1 aromatic carbocycles. The molecule has 0 spiro atoms. The Balaban J connectivity index is 2.03. The lowest BCUT2D eigenvalue weighted by Crippen LogP contribution is -2.36. The summed E-state index contributed by atoms with van der Waals surface area (Å²) in [5.41, 5.74) is 0.814. The normalized spacial score (nSPS) is 26.0. The van der Waals surface area contributed by atoms with Gasteiger partial charge in [-0.15, -0.1) is 0 Å². The molecule has 0 amide bonds. The highest BCUT2D eigenvalue weighted by Crippen LogP contribution is 2.34. The Morgan fingerprint density at radius 2 is 2.17 bits per heavy atom. The van der Waals surface area contributed by atoms with E-state index in [0.29, 0.717) is 16.7 Å². The molecule has 1 heterocycles. The molecule has 1 fully saturated rings. The summed E-state index contributed by atoms with van der Waals surface area (Å²) in [6.45, 7) is 2.15. The second kappa shape index (κ2) is 6.51. The molecule has 0 aliphatic carbocycles. The van der Waals surface area contributed by atoms with Gasteiger partial charge in [0.25, 0.3) is 0 Å². The van der Waals surface area contributed by atoms with Crippen molar-refractivity contribution in [2.75, 3.05) is 11.5 Å². The molecule has 1 nitrogen and oxygen atoms in total. The van der Waals surface area contributed by atoms with Crippen LogP contribution in [0.1, 0.15) is 12.5 Å². The van der Waals surface area contributed by atoms with Crippen molar-refractivity contribution in [3.63, 3.8) is 0 Å². The van der Waals surface area contributed by atoms with Crippen LogP contribution in [-0.2, 0) is 6.42 Å². The third kappa shape index (κ3) is 3.56. The largest absolute Gasteiger partial charge is 0.392 e. The minimum atomic E-state index is -0.430. The Labute approximate surface area is 120 Å². The Kier molecular flexibility index (Phi) is 5.24. The molecule has 1 aliphatic heterocycles. The Bertz CT molecular complexity index is 416. The van der Waals surface area contributed by atoms with E-state index in [1.54, 1.807) is 6.07 Å². The lowest BCUT2D eigenvalue weighted by molar-refractivity contribution is 0.171. The van der Waals surface area contributed by atoms with Crippen molar-refractivity contribution in [1.82, 2.24) is 0 Å². The average Bonchev–Trinajstić information content (AvgIpc) is 2.33. The van der Waals surface area contributed by atoms with Crippen LogP contribution in [0.3, 0.4) is 0 Å². The van der Waals surface area contributed by atoms with Gasteiger partial charge in [0.1, 0.15) is 5.82 Å². The van der Waals surface area contributed by atoms with Crippen LogP contribution in [0.4, 0.5) is 4.39 Å². The summed E-state index contributed by atoms with van der Waals surface area (Å²) in [5, 5.41) is 11.4. The van der Waals surface area contributed by atoms with Crippen molar-refractivity contribution in [3.05, 3.63) is 34.6 Å². The van der Waals surface area contributed by atoms with Crippen molar-refractivity contribution in [2.45, 2.75) is 29.9 Å². The van der Waals surface area contributed by atoms with E-state index in [1.807, 2.05) is 23.5 Å². The number of hydrogen-bond acceptors (Lipinski definition) is 3. The number of thioether (sulfide) groups is 2. The van der Waals surface area contributed by atoms with Gasteiger partial charge in [-0.05, 0) is 17.7 Å². The number of aliphatic hydroxyl groups is 1. The summed E-state index contributed by atoms with van der Waals surface area (Å²) < 4.78 is 12.9. The Morgan fingerprint density at radius 3 is 2.83 bits per heavy atom. The lowest BCUT2D eigenvalue weighted by atomic mass is 10.0. The SMILES string of the molecule is CC1SCCSC1C(O)Cc1ccc(F)cc1Cl. The van der Waals surface area contributed by atoms with Crippen LogP contribution in [0.25, 0.3) is 0 Å². The molecule has 5 heteroatoms. The quantitative estimate of drug-likeness (QED) is 0.921. The number of benzene rings is 1. The maximum absolute atomic E-state index is 12.9. The van der Waals surface area contributed by atoms with Crippen LogP contribution in [0, 0.1) is 5.82 Å². The summed E-state index contributed by atoms with van der Waals surface area (Å²) >= 11 is 9.70. The molecule has 1 aliphatic rings. The summed E-state index contributed by atoms with van der Waals surface area (Å²) in [5.74, 6) is 1.88. The predicted molar refractivity (Wildman–Crippen MR) is 79.3 cm³/mol.